The van der Waals surface area contributed by atoms with Crippen molar-refractivity contribution in [3.63, 3.8) is 0 Å². The van der Waals surface area contributed by atoms with Gasteiger partial charge in [-0.05, 0) is 41.0 Å². The van der Waals surface area contributed by atoms with Crippen molar-refractivity contribution in [2.24, 2.45) is 0 Å². The van der Waals surface area contributed by atoms with E-state index in [0.717, 1.165) is 28.1 Å². The molecule has 0 aliphatic heterocycles. The first-order chi connectivity index (χ1) is 14.3. The van der Waals surface area contributed by atoms with Crippen LogP contribution in [0.25, 0.3) is 21.8 Å². The van der Waals surface area contributed by atoms with E-state index in [2.05, 4.69) is 83.0 Å². The lowest BCUT2D eigenvalue weighted by atomic mass is 9.84. The van der Waals surface area contributed by atoms with Crippen molar-refractivity contribution in [2.45, 2.75) is 5.92 Å². The lowest BCUT2D eigenvalue weighted by Gasteiger charge is -2.19. The molecular formula is C25H22N2O2. The molecule has 0 aliphatic carbocycles. The van der Waals surface area contributed by atoms with Gasteiger partial charge in [-0.3, -0.25) is 0 Å². The average Bonchev–Trinajstić information content (AvgIpc) is 3.39. The Morgan fingerprint density at radius 1 is 0.655 bits per heavy atom. The molecule has 0 radical (unpaired) electrons. The molecule has 0 unspecified atom stereocenters. The van der Waals surface area contributed by atoms with Crippen LogP contribution < -0.4 is 9.47 Å². The van der Waals surface area contributed by atoms with Gasteiger partial charge in [0.05, 0.1) is 14.2 Å². The Morgan fingerprint density at radius 2 is 1.21 bits per heavy atom. The topological polar surface area (TPSA) is 50.0 Å². The molecule has 5 aromatic rings. The zero-order valence-corrected chi connectivity index (χ0v) is 16.4. The average molecular weight is 382 g/mol. The van der Waals surface area contributed by atoms with Crippen LogP contribution in [0.1, 0.15) is 22.6 Å². The van der Waals surface area contributed by atoms with Crippen LogP contribution in [0.4, 0.5) is 0 Å². The molecule has 3 aromatic carbocycles. The van der Waals surface area contributed by atoms with Crippen LogP contribution in [0.15, 0.2) is 79.1 Å². The molecule has 0 fully saturated rings. The van der Waals surface area contributed by atoms with Gasteiger partial charge in [-0.15, -0.1) is 0 Å². The first kappa shape index (κ1) is 17.4. The Balaban J connectivity index is 1.78. The molecule has 29 heavy (non-hydrogen) atoms. The normalized spacial score (nSPS) is 11.4. The fourth-order valence-corrected chi connectivity index (χ4v) is 4.22. The standard InChI is InChI=1S/C25H22N2O2/c1-28-23-12-11-16(13-24(23)29-2)25(19-14-26-21-9-5-3-7-17(19)21)20-15-27-22-10-6-4-8-18(20)22/h3-15,25-27H,1-2H3. The summed E-state index contributed by atoms with van der Waals surface area (Å²) in [5.41, 5.74) is 5.88. The van der Waals surface area contributed by atoms with Crippen molar-refractivity contribution >= 4 is 21.8 Å². The highest BCUT2D eigenvalue weighted by Crippen LogP contribution is 2.41. The number of nitrogens with one attached hydrogen (secondary N) is 2. The summed E-state index contributed by atoms with van der Waals surface area (Å²) in [4.78, 5) is 6.87. The first-order valence-corrected chi connectivity index (χ1v) is 9.64. The Kier molecular flexibility index (Phi) is 4.24. The van der Waals surface area contributed by atoms with Gasteiger partial charge in [0.25, 0.3) is 0 Å². The van der Waals surface area contributed by atoms with Crippen molar-refractivity contribution in [2.75, 3.05) is 14.2 Å². The molecule has 0 aliphatic rings. The number of rotatable bonds is 5. The third-order valence-electron chi connectivity index (χ3n) is 5.61. The molecule has 2 heterocycles. The van der Waals surface area contributed by atoms with Gasteiger partial charge in [-0.1, -0.05) is 42.5 Å². The summed E-state index contributed by atoms with van der Waals surface area (Å²) >= 11 is 0. The summed E-state index contributed by atoms with van der Waals surface area (Å²) < 4.78 is 11.1. The van der Waals surface area contributed by atoms with Crippen LogP contribution >= 0.6 is 0 Å². The van der Waals surface area contributed by atoms with Crippen molar-refractivity contribution < 1.29 is 9.47 Å². The molecule has 0 saturated heterocycles. The van der Waals surface area contributed by atoms with E-state index in [4.69, 9.17) is 9.47 Å². The maximum atomic E-state index is 5.60. The number of benzene rings is 3. The molecule has 0 atom stereocenters. The maximum Gasteiger partial charge on any atom is 0.161 e. The highest BCUT2D eigenvalue weighted by molar-refractivity contribution is 5.89. The fraction of sp³-hybridized carbons (Fsp3) is 0.120. The molecule has 0 spiro atoms. The summed E-state index contributed by atoms with van der Waals surface area (Å²) in [6, 6.07) is 23.0. The third-order valence-corrected chi connectivity index (χ3v) is 5.61. The van der Waals surface area contributed by atoms with E-state index >= 15 is 0 Å². The van der Waals surface area contributed by atoms with E-state index in [1.165, 1.54) is 21.9 Å². The van der Waals surface area contributed by atoms with E-state index in [1.807, 2.05) is 6.07 Å². The van der Waals surface area contributed by atoms with Gasteiger partial charge < -0.3 is 19.4 Å². The van der Waals surface area contributed by atoms with E-state index in [1.54, 1.807) is 14.2 Å². The van der Waals surface area contributed by atoms with Crippen LogP contribution in [-0.4, -0.2) is 24.2 Å². The molecule has 0 saturated carbocycles. The second-order valence-corrected chi connectivity index (χ2v) is 7.13. The minimum absolute atomic E-state index is 0.0436. The van der Waals surface area contributed by atoms with Gasteiger partial charge in [-0.2, -0.15) is 0 Å². The summed E-state index contributed by atoms with van der Waals surface area (Å²) in [6.07, 6.45) is 4.24. The lowest BCUT2D eigenvalue weighted by molar-refractivity contribution is 0.354. The molecule has 2 N–H and O–H groups in total. The van der Waals surface area contributed by atoms with Gasteiger partial charge in [0.1, 0.15) is 0 Å². The quantitative estimate of drug-likeness (QED) is 0.401. The Hall–Kier alpha value is -3.66. The monoisotopic (exact) mass is 382 g/mol. The van der Waals surface area contributed by atoms with Crippen LogP contribution in [-0.2, 0) is 0 Å². The minimum Gasteiger partial charge on any atom is -0.493 e. The van der Waals surface area contributed by atoms with Crippen LogP contribution in [0.3, 0.4) is 0 Å². The fourth-order valence-electron chi connectivity index (χ4n) is 4.22. The molecule has 4 heteroatoms. The number of H-pyrrole nitrogens is 2. The molecule has 0 bridgehead atoms. The minimum atomic E-state index is 0.0436. The number of hydrogen-bond donors (Lipinski definition) is 2. The van der Waals surface area contributed by atoms with Crippen molar-refractivity contribution in [1.82, 2.24) is 9.97 Å². The third kappa shape index (κ3) is 2.85. The Bertz CT molecular complexity index is 1220. The summed E-state index contributed by atoms with van der Waals surface area (Å²) in [5, 5.41) is 2.44. The maximum absolute atomic E-state index is 5.60. The molecule has 0 amide bonds. The van der Waals surface area contributed by atoms with Crippen molar-refractivity contribution in [3.8, 4) is 11.5 Å². The number of para-hydroxylation sites is 2. The van der Waals surface area contributed by atoms with E-state index in [0.29, 0.717) is 0 Å². The predicted octanol–water partition coefficient (Wildman–Crippen LogP) is 5.85. The van der Waals surface area contributed by atoms with Crippen molar-refractivity contribution in [3.05, 3.63) is 95.8 Å². The van der Waals surface area contributed by atoms with Gasteiger partial charge in [0.2, 0.25) is 0 Å². The van der Waals surface area contributed by atoms with Gasteiger partial charge in [0.15, 0.2) is 11.5 Å². The van der Waals surface area contributed by atoms with Crippen LogP contribution in [0, 0.1) is 0 Å². The second kappa shape index (κ2) is 7.06. The predicted molar refractivity (Wildman–Crippen MR) is 117 cm³/mol. The summed E-state index contributed by atoms with van der Waals surface area (Å²) in [5.74, 6) is 1.50. The zero-order chi connectivity index (χ0) is 19.8. The summed E-state index contributed by atoms with van der Waals surface area (Å²) in [6.45, 7) is 0. The molecule has 5 rings (SSSR count). The Morgan fingerprint density at radius 3 is 1.76 bits per heavy atom. The summed E-state index contributed by atoms with van der Waals surface area (Å²) in [7, 11) is 3.34. The molecule has 144 valence electrons. The highest BCUT2D eigenvalue weighted by atomic mass is 16.5. The van der Waals surface area contributed by atoms with Crippen LogP contribution in [0.5, 0.6) is 11.5 Å². The number of aromatic amines is 2. The number of ether oxygens (including phenoxy) is 2. The highest BCUT2D eigenvalue weighted by Gasteiger charge is 2.24. The Labute approximate surface area is 169 Å². The second-order valence-electron chi connectivity index (χ2n) is 7.13. The first-order valence-electron chi connectivity index (χ1n) is 9.64. The van der Waals surface area contributed by atoms with Gasteiger partial charge >= 0.3 is 0 Å². The van der Waals surface area contributed by atoms with E-state index in [-0.39, 0.29) is 5.92 Å². The van der Waals surface area contributed by atoms with E-state index < -0.39 is 0 Å². The van der Waals surface area contributed by atoms with Gasteiger partial charge in [-0.25, -0.2) is 0 Å². The van der Waals surface area contributed by atoms with E-state index in [9.17, 15) is 0 Å². The lowest BCUT2D eigenvalue weighted by Crippen LogP contribution is -2.03. The number of fused-ring (bicyclic) bond motifs is 2. The van der Waals surface area contributed by atoms with Crippen LogP contribution in [0.2, 0.25) is 0 Å². The smallest absolute Gasteiger partial charge is 0.161 e. The number of hydrogen-bond acceptors (Lipinski definition) is 2. The molecule has 2 aromatic heterocycles. The number of methoxy groups -OCH3 is 2. The molecular weight excluding hydrogens is 360 g/mol. The molecule has 4 nitrogen and oxygen atoms in total. The zero-order valence-electron chi connectivity index (χ0n) is 16.4. The van der Waals surface area contributed by atoms with Crippen molar-refractivity contribution in [1.29, 1.82) is 0 Å². The van der Waals surface area contributed by atoms with Gasteiger partial charge in [0, 0.05) is 40.1 Å². The SMILES string of the molecule is COc1ccc(C(c2c[nH]c3ccccc23)c2c[nH]c3ccccc23)cc1OC. The number of aromatic nitrogens is 2. The largest absolute Gasteiger partial charge is 0.493 e.